The molecule has 1 N–H and O–H groups in total. The van der Waals surface area contributed by atoms with Crippen molar-refractivity contribution in [3.05, 3.63) is 42.3 Å². The first-order valence-electron chi connectivity index (χ1n) is 7.30. The number of thiazole rings is 1. The van der Waals surface area contributed by atoms with Crippen molar-refractivity contribution < 1.29 is 14.3 Å². The predicted octanol–water partition coefficient (Wildman–Crippen LogP) is 2.04. The van der Waals surface area contributed by atoms with Crippen molar-refractivity contribution in [3.63, 3.8) is 0 Å². The number of rotatable bonds is 2. The number of carbonyl (C=O) groups is 1. The van der Waals surface area contributed by atoms with Crippen LogP contribution in [0.25, 0.3) is 12.2 Å². The molecule has 24 heavy (non-hydrogen) atoms. The average molecular weight is 366 g/mol. The molecule has 7 heteroatoms. The molecule has 0 unspecified atom stereocenters. The van der Waals surface area contributed by atoms with Gasteiger partial charge in [-0.2, -0.15) is 0 Å². The van der Waals surface area contributed by atoms with Gasteiger partial charge in [-0.05, 0) is 23.8 Å². The van der Waals surface area contributed by atoms with Gasteiger partial charge >= 0.3 is 0 Å². The first kappa shape index (κ1) is 16.8. The Morgan fingerprint density at radius 2 is 2.08 bits per heavy atom. The largest absolute Gasteiger partial charge is 0.454 e. The Balaban J connectivity index is 2.04. The molecular formula is C17H16ClNO4S. The maximum absolute atomic E-state index is 12.1. The summed E-state index contributed by atoms with van der Waals surface area (Å²) in [5.41, 5.74) is -0.0117. The Bertz CT molecular complexity index is 981. The molecule has 3 rings (SSSR count). The zero-order valence-electron chi connectivity index (χ0n) is 13.4. The number of benzene rings is 1. The number of aromatic nitrogens is 1. The first-order chi connectivity index (χ1) is 11.2. The van der Waals surface area contributed by atoms with E-state index in [9.17, 15) is 9.59 Å². The van der Waals surface area contributed by atoms with Gasteiger partial charge in [-0.15, -0.1) is 11.3 Å². The average Bonchev–Trinajstić information content (AvgIpc) is 3.05. The monoisotopic (exact) mass is 365 g/mol. The lowest BCUT2D eigenvalue weighted by Gasteiger charge is -2.12. The number of Topliss-reactive ketones (excluding diaryl/α,β-unsaturated/α-hetero) is 1. The van der Waals surface area contributed by atoms with Crippen LogP contribution in [0, 0.1) is 5.41 Å². The second-order valence-corrected chi connectivity index (χ2v) is 7.92. The van der Waals surface area contributed by atoms with E-state index in [1.807, 2.05) is 20.8 Å². The minimum Gasteiger partial charge on any atom is -0.454 e. The van der Waals surface area contributed by atoms with Gasteiger partial charge in [0.05, 0.1) is 14.2 Å². The number of aromatic amines is 1. The number of ketones is 1. The third-order valence-corrected chi connectivity index (χ3v) is 4.67. The molecule has 1 aliphatic rings. The summed E-state index contributed by atoms with van der Waals surface area (Å²) in [6.45, 7) is 5.63. The Hall–Kier alpha value is -2.05. The van der Waals surface area contributed by atoms with E-state index in [1.165, 1.54) is 17.4 Å². The van der Waals surface area contributed by atoms with Gasteiger partial charge in [0.25, 0.3) is 5.56 Å². The Kier molecular flexibility index (Phi) is 4.27. The normalized spacial score (nSPS) is 15.2. The van der Waals surface area contributed by atoms with Gasteiger partial charge in [0.1, 0.15) is 0 Å². The lowest BCUT2D eigenvalue weighted by Crippen LogP contribution is -2.22. The molecule has 0 spiro atoms. The summed E-state index contributed by atoms with van der Waals surface area (Å²) in [5.74, 6) is 1.02. The fourth-order valence-electron chi connectivity index (χ4n) is 2.08. The van der Waals surface area contributed by atoms with Crippen LogP contribution in [0.1, 0.15) is 26.3 Å². The van der Waals surface area contributed by atoms with Gasteiger partial charge in [-0.25, -0.2) is 0 Å². The molecule has 1 aliphatic heterocycles. The molecule has 0 aliphatic carbocycles. The Labute approximate surface area is 147 Å². The number of ether oxygens (including phenoxy) is 2. The van der Waals surface area contributed by atoms with Gasteiger partial charge in [0, 0.05) is 11.5 Å². The molecule has 0 bridgehead atoms. The van der Waals surface area contributed by atoms with Crippen molar-refractivity contribution in [3.8, 4) is 11.5 Å². The molecule has 0 atom stereocenters. The van der Waals surface area contributed by atoms with E-state index in [-0.39, 0.29) is 18.1 Å². The van der Waals surface area contributed by atoms with E-state index < -0.39 is 5.41 Å². The summed E-state index contributed by atoms with van der Waals surface area (Å²) in [5, 5.41) is 0.430. The number of hydrogen-bond donors (Lipinski definition) is 1. The van der Waals surface area contributed by atoms with E-state index in [1.54, 1.807) is 18.2 Å². The molecule has 0 radical (unpaired) electrons. The molecule has 1 aromatic carbocycles. The molecule has 0 saturated heterocycles. The SMILES string of the molecule is CC(C)(C)C(=O)/C=c1\[nH]c(=O)/c(=C\c2cc(Cl)c3c(c2)OCO3)s1. The molecule has 2 aromatic rings. The van der Waals surface area contributed by atoms with Crippen LogP contribution in [0.4, 0.5) is 0 Å². The number of H-pyrrole nitrogens is 1. The lowest BCUT2D eigenvalue weighted by molar-refractivity contribution is -0.119. The lowest BCUT2D eigenvalue weighted by atomic mass is 9.91. The summed E-state index contributed by atoms with van der Waals surface area (Å²) >= 11 is 7.37. The van der Waals surface area contributed by atoms with Gasteiger partial charge in [-0.3, -0.25) is 9.59 Å². The van der Waals surface area contributed by atoms with Crippen molar-refractivity contribution in [2.24, 2.45) is 5.41 Å². The highest BCUT2D eigenvalue weighted by molar-refractivity contribution is 7.07. The highest BCUT2D eigenvalue weighted by atomic mass is 35.5. The molecule has 126 valence electrons. The highest BCUT2D eigenvalue weighted by Crippen LogP contribution is 2.39. The number of halogens is 1. The predicted molar refractivity (Wildman–Crippen MR) is 94.3 cm³/mol. The van der Waals surface area contributed by atoms with Crippen molar-refractivity contribution in [1.82, 2.24) is 4.98 Å². The van der Waals surface area contributed by atoms with Crippen LogP contribution < -0.4 is 24.2 Å². The number of nitrogens with one attached hydrogen (secondary N) is 1. The summed E-state index contributed by atoms with van der Waals surface area (Å²) < 4.78 is 11.6. The van der Waals surface area contributed by atoms with Gasteiger partial charge < -0.3 is 14.5 Å². The maximum atomic E-state index is 12.1. The van der Waals surface area contributed by atoms with Crippen LogP contribution in [-0.4, -0.2) is 17.6 Å². The summed E-state index contributed by atoms with van der Waals surface area (Å²) in [4.78, 5) is 26.9. The molecule has 0 saturated carbocycles. The van der Waals surface area contributed by atoms with Crippen LogP contribution in [0.2, 0.25) is 5.02 Å². The molecule has 1 aromatic heterocycles. The molecule has 2 heterocycles. The van der Waals surface area contributed by atoms with E-state index in [4.69, 9.17) is 21.1 Å². The second kappa shape index (κ2) is 6.11. The fraction of sp³-hybridized carbons (Fsp3) is 0.294. The minimum atomic E-state index is -0.490. The van der Waals surface area contributed by atoms with Crippen LogP contribution >= 0.6 is 22.9 Å². The smallest absolute Gasteiger partial charge is 0.266 e. The zero-order chi connectivity index (χ0) is 17.5. The van der Waals surface area contributed by atoms with Crippen LogP contribution in [0.3, 0.4) is 0 Å². The standard InChI is InChI=1S/C17H16ClNO4S/c1-17(2,3)13(20)7-14-19-16(21)12(24-14)6-9-4-10(18)15-11(5-9)22-8-23-15/h4-7H,8H2,1-3H3,(H,19,21)/b12-6+,14-7+. The topological polar surface area (TPSA) is 68.4 Å². The van der Waals surface area contributed by atoms with E-state index in [2.05, 4.69) is 4.98 Å². The van der Waals surface area contributed by atoms with E-state index in [0.29, 0.717) is 25.7 Å². The van der Waals surface area contributed by atoms with Crippen LogP contribution in [0.15, 0.2) is 16.9 Å². The quantitative estimate of drug-likeness (QED) is 0.884. The Morgan fingerprint density at radius 1 is 1.33 bits per heavy atom. The van der Waals surface area contributed by atoms with Crippen molar-refractivity contribution in [2.45, 2.75) is 20.8 Å². The van der Waals surface area contributed by atoms with E-state index in [0.717, 1.165) is 5.56 Å². The van der Waals surface area contributed by atoms with Crippen LogP contribution in [0.5, 0.6) is 11.5 Å². The molecule has 0 amide bonds. The minimum absolute atomic E-state index is 0.0438. The molecular weight excluding hydrogens is 350 g/mol. The Morgan fingerprint density at radius 3 is 2.79 bits per heavy atom. The third kappa shape index (κ3) is 3.39. The number of carbonyl (C=O) groups excluding carboxylic acids is 1. The van der Waals surface area contributed by atoms with Gasteiger partial charge in [0.2, 0.25) is 6.79 Å². The second-order valence-electron chi connectivity index (χ2n) is 6.42. The van der Waals surface area contributed by atoms with E-state index >= 15 is 0 Å². The van der Waals surface area contributed by atoms with Crippen molar-refractivity contribution in [1.29, 1.82) is 0 Å². The number of fused-ring (bicyclic) bond motifs is 1. The summed E-state index contributed by atoms with van der Waals surface area (Å²) in [6.07, 6.45) is 3.17. The van der Waals surface area contributed by atoms with Gasteiger partial charge in [-0.1, -0.05) is 32.4 Å². The first-order valence-corrected chi connectivity index (χ1v) is 8.49. The zero-order valence-corrected chi connectivity index (χ0v) is 15.0. The molecule has 5 nitrogen and oxygen atoms in total. The third-order valence-electron chi connectivity index (χ3n) is 3.43. The summed E-state index contributed by atoms with van der Waals surface area (Å²) in [6, 6.07) is 3.47. The van der Waals surface area contributed by atoms with Crippen molar-refractivity contribution >= 4 is 40.9 Å². The van der Waals surface area contributed by atoms with Gasteiger partial charge in [0.15, 0.2) is 17.3 Å². The number of hydrogen-bond acceptors (Lipinski definition) is 5. The maximum Gasteiger partial charge on any atom is 0.266 e. The van der Waals surface area contributed by atoms with Crippen LogP contribution in [-0.2, 0) is 4.79 Å². The van der Waals surface area contributed by atoms with Crippen molar-refractivity contribution in [2.75, 3.05) is 6.79 Å². The fourth-order valence-corrected chi connectivity index (χ4v) is 3.24. The highest BCUT2D eigenvalue weighted by Gasteiger charge is 2.19. The molecule has 0 fully saturated rings. The summed E-state index contributed by atoms with van der Waals surface area (Å²) in [7, 11) is 0.